The number of aliphatic imine (C=N–C) groups is 1. The number of hydrogen-bond acceptors (Lipinski definition) is 4. The normalized spacial score (nSPS) is 14.1. The first-order chi connectivity index (χ1) is 16.6. The second-order valence-corrected chi connectivity index (χ2v) is 8.09. The van der Waals surface area contributed by atoms with Gasteiger partial charge < -0.3 is 14.5 Å². The van der Waals surface area contributed by atoms with Crippen LogP contribution in [0.1, 0.15) is 22.8 Å². The van der Waals surface area contributed by atoms with Gasteiger partial charge in [0, 0.05) is 37.4 Å². The maximum absolute atomic E-state index is 13.3. The Balaban J connectivity index is 1.54. The molecule has 1 aliphatic heterocycles. The second-order valence-electron chi connectivity index (χ2n) is 8.09. The summed E-state index contributed by atoms with van der Waals surface area (Å²) < 4.78 is 18.5. The first kappa shape index (κ1) is 23.3. The summed E-state index contributed by atoms with van der Waals surface area (Å²) in [5, 5.41) is 3.02. The van der Waals surface area contributed by atoms with E-state index in [9.17, 15) is 9.18 Å². The van der Waals surface area contributed by atoms with Crippen LogP contribution in [0.2, 0.25) is 0 Å². The van der Waals surface area contributed by atoms with Gasteiger partial charge in [-0.3, -0.25) is 10.1 Å². The molecule has 0 atom stereocenters. The molecule has 1 amide bonds. The van der Waals surface area contributed by atoms with Crippen LogP contribution in [0, 0.1) is 5.82 Å². The molecule has 0 aliphatic carbocycles. The van der Waals surface area contributed by atoms with Crippen LogP contribution in [-0.2, 0) is 6.42 Å². The highest BCUT2D eigenvalue weighted by atomic mass is 19.1. The molecule has 4 rings (SSSR count). The predicted molar refractivity (Wildman–Crippen MR) is 134 cm³/mol. The topological polar surface area (TPSA) is 57.2 Å². The van der Waals surface area contributed by atoms with Crippen molar-refractivity contribution in [3.05, 3.63) is 89.7 Å². The van der Waals surface area contributed by atoms with Gasteiger partial charge in [0.05, 0.1) is 12.8 Å². The highest BCUT2D eigenvalue weighted by Crippen LogP contribution is 2.19. The molecule has 1 aliphatic rings. The lowest BCUT2D eigenvalue weighted by atomic mass is 10.1. The number of carbonyl (C=O) groups excluding carboxylic acids is 1. The van der Waals surface area contributed by atoms with E-state index in [1.54, 1.807) is 43.5 Å². The molecule has 6 nitrogen and oxygen atoms in total. The fourth-order valence-corrected chi connectivity index (χ4v) is 3.89. The molecule has 1 saturated heterocycles. The van der Waals surface area contributed by atoms with Crippen molar-refractivity contribution in [3.63, 3.8) is 0 Å². The number of anilines is 1. The van der Waals surface area contributed by atoms with Crippen LogP contribution in [0.5, 0.6) is 5.75 Å². The van der Waals surface area contributed by atoms with Crippen LogP contribution in [0.15, 0.2) is 77.8 Å². The minimum Gasteiger partial charge on any atom is -0.497 e. The van der Waals surface area contributed by atoms with E-state index >= 15 is 0 Å². The zero-order valence-electron chi connectivity index (χ0n) is 19.5. The Morgan fingerprint density at radius 3 is 2.35 bits per heavy atom. The van der Waals surface area contributed by atoms with Crippen molar-refractivity contribution in [2.24, 2.45) is 4.99 Å². The lowest BCUT2D eigenvalue weighted by Crippen LogP contribution is -2.53. The molecule has 0 saturated carbocycles. The number of piperazine rings is 1. The number of nitrogens with zero attached hydrogens (tertiary/aromatic N) is 3. The molecule has 0 aromatic heterocycles. The van der Waals surface area contributed by atoms with E-state index in [4.69, 9.17) is 9.73 Å². The van der Waals surface area contributed by atoms with Gasteiger partial charge in [-0.05, 0) is 72.6 Å². The molecule has 176 valence electrons. The van der Waals surface area contributed by atoms with E-state index in [2.05, 4.69) is 28.1 Å². The number of nitrogens with one attached hydrogen (secondary N) is 1. The minimum atomic E-state index is -0.243. The molecule has 1 N–H and O–H groups in total. The maximum atomic E-state index is 13.3. The molecule has 7 heteroatoms. The number of hydrogen-bond donors (Lipinski definition) is 1. The Hall–Kier alpha value is -3.87. The summed E-state index contributed by atoms with van der Waals surface area (Å²) >= 11 is 0. The Labute approximate surface area is 199 Å². The summed E-state index contributed by atoms with van der Waals surface area (Å²) in [5.41, 5.74) is 3.49. The number of ether oxygens (including phenoxy) is 1. The highest BCUT2D eigenvalue weighted by molar-refractivity contribution is 6.06. The molecule has 1 fully saturated rings. The van der Waals surface area contributed by atoms with Gasteiger partial charge in [-0.15, -0.1) is 0 Å². The Bertz CT molecular complexity index is 1140. The third-order valence-electron chi connectivity index (χ3n) is 5.90. The molecular weight excluding hydrogens is 431 g/mol. The molecule has 3 aromatic rings. The number of amides is 1. The third-order valence-corrected chi connectivity index (χ3v) is 5.90. The van der Waals surface area contributed by atoms with Crippen molar-refractivity contribution >= 4 is 23.2 Å². The van der Waals surface area contributed by atoms with Gasteiger partial charge in [0.1, 0.15) is 11.6 Å². The van der Waals surface area contributed by atoms with Gasteiger partial charge in [0.15, 0.2) is 0 Å². The number of carbonyl (C=O) groups is 1. The standard InChI is InChI=1S/C27H29FN4O2/c1-3-20-5-4-6-23(19-20)29-27(30-26(33)21-7-13-25(34-2)14-8-21)32-17-15-31(16-18-32)24-11-9-22(28)10-12-24/h4-14,19H,3,15-18H2,1-2H3,(H,29,30,33). The molecular formula is C27H29FN4O2. The van der Waals surface area contributed by atoms with E-state index in [0.717, 1.165) is 30.9 Å². The molecule has 0 unspecified atom stereocenters. The average Bonchev–Trinajstić information content (AvgIpc) is 2.89. The fraction of sp³-hybridized carbons (Fsp3) is 0.259. The van der Waals surface area contributed by atoms with Gasteiger partial charge >= 0.3 is 0 Å². The van der Waals surface area contributed by atoms with E-state index in [1.165, 1.54) is 17.7 Å². The third kappa shape index (κ3) is 5.73. The summed E-state index contributed by atoms with van der Waals surface area (Å²) in [6, 6.07) is 21.5. The first-order valence-corrected chi connectivity index (χ1v) is 11.4. The SMILES string of the molecule is CCc1cccc(N=C(NC(=O)c2ccc(OC)cc2)N2CCN(c3ccc(F)cc3)CC2)c1. The monoisotopic (exact) mass is 460 g/mol. The van der Waals surface area contributed by atoms with Crippen molar-refractivity contribution in [1.29, 1.82) is 0 Å². The number of halogens is 1. The van der Waals surface area contributed by atoms with Crippen LogP contribution >= 0.6 is 0 Å². The van der Waals surface area contributed by atoms with Gasteiger partial charge in [-0.2, -0.15) is 0 Å². The second kappa shape index (κ2) is 10.8. The zero-order valence-corrected chi connectivity index (χ0v) is 19.5. The summed E-state index contributed by atoms with van der Waals surface area (Å²) in [6.45, 7) is 4.92. The van der Waals surface area contributed by atoms with E-state index in [0.29, 0.717) is 30.4 Å². The quantitative estimate of drug-likeness (QED) is 0.445. The summed E-state index contributed by atoms with van der Waals surface area (Å²) in [7, 11) is 1.59. The molecule has 1 heterocycles. The van der Waals surface area contributed by atoms with Crippen LogP contribution in [-0.4, -0.2) is 50.1 Å². The van der Waals surface area contributed by atoms with Gasteiger partial charge in [0.25, 0.3) is 5.91 Å². The molecule has 0 radical (unpaired) electrons. The molecule has 3 aromatic carbocycles. The predicted octanol–water partition coefficient (Wildman–Crippen LogP) is 4.64. The Morgan fingerprint density at radius 1 is 1.00 bits per heavy atom. The summed E-state index contributed by atoms with van der Waals surface area (Å²) in [6.07, 6.45) is 0.910. The van der Waals surface area contributed by atoms with Crippen molar-refractivity contribution in [2.75, 3.05) is 38.2 Å². The smallest absolute Gasteiger partial charge is 0.257 e. The van der Waals surface area contributed by atoms with Crippen LogP contribution in [0.4, 0.5) is 15.8 Å². The fourth-order valence-electron chi connectivity index (χ4n) is 3.89. The average molecular weight is 461 g/mol. The Morgan fingerprint density at radius 2 is 1.71 bits per heavy atom. The van der Waals surface area contributed by atoms with Crippen molar-refractivity contribution in [3.8, 4) is 5.75 Å². The van der Waals surface area contributed by atoms with Crippen molar-refractivity contribution in [1.82, 2.24) is 10.2 Å². The zero-order chi connectivity index (χ0) is 23.9. The summed E-state index contributed by atoms with van der Waals surface area (Å²) in [4.78, 5) is 22.1. The lowest BCUT2D eigenvalue weighted by Gasteiger charge is -2.37. The molecule has 0 bridgehead atoms. The maximum Gasteiger partial charge on any atom is 0.257 e. The summed E-state index contributed by atoms with van der Waals surface area (Å²) in [5.74, 6) is 0.743. The number of methoxy groups -OCH3 is 1. The van der Waals surface area contributed by atoms with Crippen molar-refractivity contribution < 1.29 is 13.9 Å². The highest BCUT2D eigenvalue weighted by Gasteiger charge is 2.22. The minimum absolute atomic E-state index is 0.228. The number of benzene rings is 3. The molecule has 34 heavy (non-hydrogen) atoms. The van der Waals surface area contributed by atoms with Gasteiger partial charge in [-0.25, -0.2) is 9.38 Å². The van der Waals surface area contributed by atoms with E-state index in [-0.39, 0.29) is 11.7 Å². The van der Waals surface area contributed by atoms with Crippen molar-refractivity contribution in [2.45, 2.75) is 13.3 Å². The number of aryl methyl sites for hydroxylation is 1. The largest absolute Gasteiger partial charge is 0.497 e. The lowest BCUT2D eigenvalue weighted by molar-refractivity contribution is 0.0971. The van der Waals surface area contributed by atoms with E-state index < -0.39 is 0 Å². The molecule has 0 spiro atoms. The number of rotatable bonds is 5. The van der Waals surface area contributed by atoms with Gasteiger partial charge in [-0.1, -0.05) is 19.1 Å². The number of guanidine groups is 1. The van der Waals surface area contributed by atoms with E-state index in [1.807, 2.05) is 18.2 Å². The first-order valence-electron chi connectivity index (χ1n) is 11.4. The van der Waals surface area contributed by atoms with Crippen LogP contribution in [0.25, 0.3) is 0 Å². The van der Waals surface area contributed by atoms with Gasteiger partial charge in [0.2, 0.25) is 5.96 Å². The van der Waals surface area contributed by atoms with Crippen LogP contribution < -0.4 is 15.0 Å². The Kier molecular flexibility index (Phi) is 7.42. The van der Waals surface area contributed by atoms with Crippen LogP contribution in [0.3, 0.4) is 0 Å².